The fourth-order valence-corrected chi connectivity index (χ4v) is 2.16. The maximum Gasteiger partial charge on any atom is 0.335 e. The Morgan fingerprint density at radius 2 is 1.75 bits per heavy atom. The highest BCUT2D eigenvalue weighted by Gasteiger charge is 2.29. The average molecular weight is 275 g/mol. The van der Waals surface area contributed by atoms with E-state index in [9.17, 15) is 14.4 Å². The van der Waals surface area contributed by atoms with Crippen LogP contribution in [-0.4, -0.2) is 34.6 Å². The van der Waals surface area contributed by atoms with Gasteiger partial charge in [-0.3, -0.25) is 4.79 Å². The molecule has 1 aromatic carbocycles. The van der Waals surface area contributed by atoms with Crippen LogP contribution >= 0.6 is 0 Å². The van der Waals surface area contributed by atoms with Gasteiger partial charge in [0.2, 0.25) is 5.91 Å². The van der Waals surface area contributed by atoms with Crippen molar-refractivity contribution in [1.82, 2.24) is 0 Å². The second-order valence-electron chi connectivity index (χ2n) is 4.58. The fourth-order valence-electron chi connectivity index (χ4n) is 2.16. The molecule has 20 heavy (non-hydrogen) atoms. The topological polar surface area (TPSA) is 94.9 Å². The van der Waals surface area contributed by atoms with E-state index in [1.165, 1.54) is 17.0 Å². The summed E-state index contributed by atoms with van der Waals surface area (Å²) in [5, 5.41) is 18.0. The lowest BCUT2D eigenvalue weighted by molar-refractivity contribution is -0.117. The molecule has 0 radical (unpaired) electrons. The summed E-state index contributed by atoms with van der Waals surface area (Å²) in [6, 6.07) is 3.68. The van der Waals surface area contributed by atoms with Gasteiger partial charge in [0, 0.05) is 24.6 Å². The van der Waals surface area contributed by atoms with E-state index in [0.717, 1.165) is 6.07 Å². The summed E-state index contributed by atoms with van der Waals surface area (Å²) in [4.78, 5) is 35.3. The van der Waals surface area contributed by atoms with Crippen molar-refractivity contribution in [2.75, 3.05) is 11.4 Å². The van der Waals surface area contributed by atoms with Crippen LogP contribution in [0.4, 0.5) is 5.69 Å². The second-order valence-corrected chi connectivity index (χ2v) is 4.58. The van der Waals surface area contributed by atoms with Crippen molar-refractivity contribution < 1.29 is 24.6 Å². The van der Waals surface area contributed by atoms with Gasteiger partial charge in [0.1, 0.15) is 0 Å². The van der Waals surface area contributed by atoms with Gasteiger partial charge >= 0.3 is 11.9 Å². The lowest BCUT2D eigenvalue weighted by atomic mass is 10.1. The fraction of sp³-hybridized carbons (Fsp3) is 0.214. The number of nitrogens with zero attached hydrogens (tertiary/aromatic N) is 1. The number of carbonyl (C=O) groups is 3. The summed E-state index contributed by atoms with van der Waals surface area (Å²) in [5.74, 6) is -2.65. The summed E-state index contributed by atoms with van der Waals surface area (Å²) < 4.78 is 0. The predicted octanol–water partition coefficient (Wildman–Crippen LogP) is 1.62. The molecule has 0 spiro atoms. The van der Waals surface area contributed by atoms with Crippen LogP contribution in [0.15, 0.2) is 30.9 Å². The lowest BCUT2D eigenvalue weighted by Gasteiger charge is -2.17. The molecule has 0 saturated carbocycles. The van der Waals surface area contributed by atoms with E-state index >= 15 is 0 Å². The van der Waals surface area contributed by atoms with Gasteiger partial charge in [-0.1, -0.05) is 6.08 Å². The molecule has 2 N–H and O–H groups in total. The number of benzene rings is 1. The number of hydrogen-bond acceptors (Lipinski definition) is 3. The zero-order valence-electron chi connectivity index (χ0n) is 10.6. The van der Waals surface area contributed by atoms with E-state index in [2.05, 4.69) is 6.58 Å². The molecule has 6 nitrogen and oxygen atoms in total. The number of carboxylic acid groups (broad SMARTS) is 2. The van der Waals surface area contributed by atoms with Crippen molar-refractivity contribution in [2.24, 2.45) is 5.92 Å². The number of amides is 1. The Morgan fingerprint density at radius 1 is 1.20 bits per heavy atom. The number of carbonyl (C=O) groups excluding carboxylic acids is 1. The van der Waals surface area contributed by atoms with Crippen molar-refractivity contribution in [3.8, 4) is 0 Å². The van der Waals surface area contributed by atoms with Crippen LogP contribution in [0.2, 0.25) is 0 Å². The van der Waals surface area contributed by atoms with Gasteiger partial charge in [-0.15, -0.1) is 6.58 Å². The standard InChI is InChI=1S/C14H13NO5/c1-2-8-3-12(16)15(7-8)11-5-9(13(17)18)4-10(6-11)14(19)20/h2,4-6,8H,1,3,7H2,(H,17,18)(H,19,20). The van der Waals surface area contributed by atoms with Crippen LogP contribution < -0.4 is 4.90 Å². The van der Waals surface area contributed by atoms with Crippen LogP contribution in [0.25, 0.3) is 0 Å². The van der Waals surface area contributed by atoms with E-state index in [0.29, 0.717) is 13.0 Å². The Morgan fingerprint density at radius 3 is 2.15 bits per heavy atom. The molecule has 1 aliphatic rings. The number of carboxylic acids is 2. The average Bonchev–Trinajstić information content (AvgIpc) is 2.79. The molecule has 1 saturated heterocycles. The van der Waals surface area contributed by atoms with Gasteiger partial charge in [-0.05, 0) is 18.2 Å². The zero-order chi connectivity index (χ0) is 14.9. The number of rotatable bonds is 4. The number of anilines is 1. The van der Waals surface area contributed by atoms with Gasteiger partial charge in [0.05, 0.1) is 11.1 Å². The third-order valence-electron chi connectivity index (χ3n) is 3.21. The first-order valence-electron chi connectivity index (χ1n) is 5.97. The normalized spacial score (nSPS) is 18.1. The van der Waals surface area contributed by atoms with Gasteiger partial charge in [-0.2, -0.15) is 0 Å². The molecule has 0 aromatic heterocycles. The van der Waals surface area contributed by atoms with Crippen LogP contribution in [0.5, 0.6) is 0 Å². The second kappa shape index (κ2) is 5.16. The minimum absolute atomic E-state index is 0.00994. The molecule has 0 aliphatic carbocycles. The molecular formula is C14H13NO5. The van der Waals surface area contributed by atoms with Crippen LogP contribution in [0.3, 0.4) is 0 Å². The van der Waals surface area contributed by atoms with Gasteiger partial charge in [-0.25, -0.2) is 9.59 Å². The maximum atomic E-state index is 11.9. The third kappa shape index (κ3) is 2.54. The van der Waals surface area contributed by atoms with Crippen molar-refractivity contribution in [2.45, 2.75) is 6.42 Å². The maximum absolute atomic E-state index is 11.9. The Balaban J connectivity index is 2.45. The first-order chi connectivity index (χ1) is 9.42. The molecule has 1 atom stereocenters. The zero-order valence-corrected chi connectivity index (χ0v) is 10.6. The smallest absolute Gasteiger partial charge is 0.335 e. The summed E-state index contributed by atoms with van der Waals surface area (Å²) in [6.45, 7) is 4.01. The molecule has 6 heteroatoms. The highest BCUT2D eigenvalue weighted by molar-refractivity contribution is 6.00. The Kier molecular flexibility index (Phi) is 3.56. The van der Waals surface area contributed by atoms with Crippen molar-refractivity contribution >= 4 is 23.5 Å². The molecule has 2 rings (SSSR count). The molecule has 104 valence electrons. The molecular weight excluding hydrogens is 262 g/mol. The third-order valence-corrected chi connectivity index (χ3v) is 3.21. The first kappa shape index (κ1) is 13.8. The summed E-state index contributed by atoms with van der Waals surface area (Å²) >= 11 is 0. The van der Waals surface area contributed by atoms with Gasteiger partial charge in [0.25, 0.3) is 0 Å². The summed E-state index contributed by atoms with van der Waals surface area (Å²) in [6.07, 6.45) is 1.96. The SMILES string of the molecule is C=CC1CC(=O)N(c2cc(C(=O)O)cc(C(=O)O)c2)C1. The molecule has 0 bridgehead atoms. The van der Waals surface area contributed by atoms with E-state index < -0.39 is 11.9 Å². The van der Waals surface area contributed by atoms with E-state index in [1.54, 1.807) is 6.08 Å². The molecule has 1 aliphatic heterocycles. The molecule has 1 amide bonds. The van der Waals surface area contributed by atoms with Crippen molar-refractivity contribution in [3.63, 3.8) is 0 Å². The lowest BCUT2D eigenvalue weighted by Crippen LogP contribution is -2.25. The van der Waals surface area contributed by atoms with Gasteiger partial charge < -0.3 is 15.1 Å². The highest BCUT2D eigenvalue weighted by Crippen LogP contribution is 2.27. The monoisotopic (exact) mass is 275 g/mol. The van der Waals surface area contributed by atoms with Crippen LogP contribution in [0.1, 0.15) is 27.1 Å². The van der Waals surface area contributed by atoms with Crippen LogP contribution in [0, 0.1) is 5.92 Å². The summed E-state index contributed by atoms with van der Waals surface area (Å²) in [5.41, 5.74) is -0.0267. The van der Waals surface area contributed by atoms with Gasteiger partial charge in [0.15, 0.2) is 0 Å². The Labute approximate surface area is 114 Å². The molecule has 1 unspecified atom stereocenters. The number of aromatic carboxylic acids is 2. The largest absolute Gasteiger partial charge is 0.478 e. The van der Waals surface area contributed by atoms with E-state index in [4.69, 9.17) is 10.2 Å². The Hall–Kier alpha value is -2.63. The van der Waals surface area contributed by atoms with Crippen molar-refractivity contribution in [3.05, 3.63) is 42.0 Å². The number of hydrogen-bond donors (Lipinski definition) is 2. The first-order valence-corrected chi connectivity index (χ1v) is 5.97. The Bertz CT molecular complexity index is 575. The predicted molar refractivity (Wildman–Crippen MR) is 71.0 cm³/mol. The highest BCUT2D eigenvalue weighted by atomic mass is 16.4. The molecule has 1 aromatic rings. The van der Waals surface area contributed by atoms with E-state index in [-0.39, 0.29) is 28.6 Å². The summed E-state index contributed by atoms with van der Waals surface area (Å²) in [7, 11) is 0. The quantitative estimate of drug-likeness (QED) is 0.814. The minimum Gasteiger partial charge on any atom is -0.478 e. The van der Waals surface area contributed by atoms with Crippen molar-refractivity contribution in [1.29, 1.82) is 0 Å². The minimum atomic E-state index is -1.23. The van der Waals surface area contributed by atoms with E-state index in [1.807, 2.05) is 0 Å². The van der Waals surface area contributed by atoms with Crippen LogP contribution in [-0.2, 0) is 4.79 Å². The molecule has 1 fully saturated rings. The molecule has 1 heterocycles.